The van der Waals surface area contributed by atoms with Gasteiger partial charge < -0.3 is 10.3 Å². The Morgan fingerprint density at radius 1 is 1.33 bits per heavy atom. The minimum absolute atomic E-state index is 0.0218. The van der Waals surface area contributed by atoms with Crippen molar-refractivity contribution in [1.29, 1.82) is 0 Å². The van der Waals surface area contributed by atoms with Gasteiger partial charge in [-0.15, -0.1) is 0 Å². The number of hydrogen-bond donors (Lipinski definition) is 1. The van der Waals surface area contributed by atoms with Gasteiger partial charge in [-0.2, -0.15) is 0 Å². The van der Waals surface area contributed by atoms with Gasteiger partial charge in [0.1, 0.15) is 11.1 Å². The molecule has 21 heavy (non-hydrogen) atoms. The van der Waals surface area contributed by atoms with E-state index in [1.165, 1.54) is 18.2 Å². The van der Waals surface area contributed by atoms with Crippen LogP contribution in [-0.4, -0.2) is 4.55 Å². The number of halogens is 3. The van der Waals surface area contributed by atoms with Gasteiger partial charge in [0.2, 0.25) is 0 Å². The molecule has 0 amide bonds. The van der Waals surface area contributed by atoms with Gasteiger partial charge in [-0.05, 0) is 47.9 Å². The first-order chi connectivity index (χ1) is 9.93. The first-order valence-electron chi connectivity index (χ1n) is 6.28. The van der Waals surface area contributed by atoms with Crippen molar-refractivity contribution >= 4 is 38.7 Å². The van der Waals surface area contributed by atoms with Crippen LogP contribution in [0.15, 0.2) is 45.8 Å². The molecule has 2 nitrogen and oxygen atoms in total. The van der Waals surface area contributed by atoms with Crippen molar-refractivity contribution < 1.29 is 8.94 Å². The molecule has 0 aliphatic carbocycles. The molecular weight excluding hydrogens is 377 g/mol. The molecule has 0 fully saturated rings. The maximum Gasteiger partial charge on any atom is 0.154 e. The SMILES string of the molecule is CC(c1ccc(Br)c(CN)c1)[S+]([O-])c1ccc(F)c(Cl)c1. The standard InChI is InChI=1S/C15H14BrClFNOS/c1-9(10-2-4-13(16)11(6-10)8-19)21(20)12-3-5-15(18)14(17)7-12/h2-7,9H,8,19H2,1H3. The normalized spacial score (nSPS) is 14.0. The molecule has 0 radical (unpaired) electrons. The second-order valence-corrected chi connectivity index (χ2v) is 7.61. The lowest BCUT2D eigenvalue weighted by atomic mass is 10.1. The van der Waals surface area contributed by atoms with Crippen LogP contribution in [0.3, 0.4) is 0 Å². The van der Waals surface area contributed by atoms with Gasteiger partial charge in [-0.3, -0.25) is 0 Å². The molecule has 2 rings (SSSR count). The Bertz CT molecular complexity index is 656. The van der Waals surface area contributed by atoms with Crippen molar-refractivity contribution in [2.75, 3.05) is 0 Å². The van der Waals surface area contributed by atoms with Crippen molar-refractivity contribution in [3.63, 3.8) is 0 Å². The fourth-order valence-corrected chi connectivity index (χ4v) is 3.83. The zero-order valence-electron chi connectivity index (χ0n) is 11.3. The van der Waals surface area contributed by atoms with E-state index in [1.807, 2.05) is 25.1 Å². The van der Waals surface area contributed by atoms with Gasteiger partial charge in [0.15, 0.2) is 4.90 Å². The summed E-state index contributed by atoms with van der Waals surface area (Å²) in [7, 11) is 0. The summed E-state index contributed by atoms with van der Waals surface area (Å²) in [5, 5.41) is -0.267. The van der Waals surface area contributed by atoms with Gasteiger partial charge in [0.05, 0.1) is 5.02 Å². The zero-order chi connectivity index (χ0) is 15.6. The maximum atomic E-state index is 13.2. The molecule has 0 heterocycles. The van der Waals surface area contributed by atoms with Crippen LogP contribution in [0.5, 0.6) is 0 Å². The third kappa shape index (κ3) is 3.79. The minimum Gasteiger partial charge on any atom is -0.611 e. The van der Waals surface area contributed by atoms with Crippen LogP contribution in [0.1, 0.15) is 23.3 Å². The molecule has 2 unspecified atom stereocenters. The van der Waals surface area contributed by atoms with Gasteiger partial charge in [-0.25, -0.2) is 4.39 Å². The van der Waals surface area contributed by atoms with E-state index in [9.17, 15) is 8.94 Å². The number of benzene rings is 2. The van der Waals surface area contributed by atoms with E-state index in [0.717, 1.165) is 15.6 Å². The monoisotopic (exact) mass is 389 g/mol. The smallest absolute Gasteiger partial charge is 0.154 e. The molecule has 2 N–H and O–H groups in total. The summed E-state index contributed by atoms with van der Waals surface area (Å²) in [6.07, 6.45) is 0. The van der Waals surface area contributed by atoms with Crippen molar-refractivity contribution in [3.05, 3.63) is 62.8 Å². The molecule has 0 aliphatic rings. The Morgan fingerprint density at radius 2 is 2.05 bits per heavy atom. The first-order valence-corrected chi connectivity index (χ1v) is 8.66. The Hall–Kier alpha value is -0.590. The predicted molar refractivity (Wildman–Crippen MR) is 88.3 cm³/mol. The largest absolute Gasteiger partial charge is 0.611 e. The fourth-order valence-electron chi connectivity index (χ4n) is 1.93. The highest BCUT2D eigenvalue weighted by atomic mass is 79.9. The van der Waals surface area contributed by atoms with E-state index < -0.39 is 17.0 Å². The molecule has 2 aromatic rings. The minimum atomic E-state index is -1.32. The molecule has 6 heteroatoms. The lowest BCUT2D eigenvalue weighted by Crippen LogP contribution is -2.12. The third-order valence-corrected chi connectivity index (χ3v) is 5.90. The molecule has 2 atom stereocenters. The molecule has 0 aromatic heterocycles. The molecule has 0 saturated heterocycles. The van der Waals surface area contributed by atoms with Crippen molar-refractivity contribution in [1.82, 2.24) is 0 Å². The topological polar surface area (TPSA) is 49.1 Å². The van der Waals surface area contributed by atoms with Gasteiger partial charge in [0, 0.05) is 22.6 Å². The van der Waals surface area contributed by atoms with E-state index in [-0.39, 0.29) is 10.3 Å². The lowest BCUT2D eigenvalue weighted by molar-refractivity contribution is 0.584. The van der Waals surface area contributed by atoms with Crippen LogP contribution in [0, 0.1) is 5.82 Å². The molecule has 2 aromatic carbocycles. The maximum absolute atomic E-state index is 13.2. The molecule has 0 saturated carbocycles. The lowest BCUT2D eigenvalue weighted by Gasteiger charge is -2.19. The van der Waals surface area contributed by atoms with E-state index in [4.69, 9.17) is 17.3 Å². The van der Waals surface area contributed by atoms with Gasteiger partial charge in [0.25, 0.3) is 0 Å². The van der Waals surface area contributed by atoms with Crippen molar-refractivity contribution in [3.8, 4) is 0 Å². The average Bonchev–Trinajstić information content (AvgIpc) is 2.49. The summed E-state index contributed by atoms with van der Waals surface area (Å²) < 4.78 is 26.7. The summed E-state index contributed by atoms with van der Waals surface area (Å²) in [5.74, 6) is -0.515. The average molecular weight is 391 g/mol. The van der Waals surface area contributed by atoms with Crippen molar-refractivity contribution in [2.45, 2.75) is 23.6 Å². The Morgan fingerprint density at radius 3 is 2.67 bits per heavy atom. The highest BCUT2D eigenvalue weighted by Gasteiger charge is 2.23. The van der Waals surface area contributed by atoms with E-state index >= 15 is 0 Å². The first kappa shape index (κ1) is 16.8. The van der Waals surface area contributed by atoms with Crippen LogP contribution in [0.4, 0.5) is 4.39 Å². The molecule has 112 valence electrons. The number of hydrogen-bond acceptors (Lipinski definition) is 2. The van der Waals surface area contributed by atoms with Crippen molar-refractivity contribution in [2.24, 2.45) is 5.73 Å². The second kappa shape index (κ2) is 7.11. The highest BCUT2D eigenvalue weighted by molar-refractivity contribution is 9.10. The van der Waals surface area contributed by atoms with Crippen LogP contribution in [-0.2, 0) is 17.7 Å². The van der Waals surface area contributed by atoms with Crippen LogP contribution >= 0.6 is 27.5 Å². The second-order valence-electron chi connectivity index (χ2n) is 4.57. The van der Waals surface area contributed by atoms with E-state index in [2.05, 4.69) is 15.9 Å². The molecule has 0 spiro atoms. The number of nitrogens with two attached hydrogens (primary N) is 1. The summed E-state index contributed by atoms with van der Waals surface area (Å²) >= 11 is 7.85. The Labute approximate surface area is 139 Å². The summed E-state index contributed by atoms with van der Waals surface area (Å²) in [4.78, 5) is 0.506. The van der Waals surface area contributed by atoms with Gasteiger partial charge >= 0.3 is 0 Å². The van der Waals surface area contributed by atoms with Crippen LogP contribution in [0.25, 0.3) is 0 Å². The summed E-state index contributed by atoms with van der Waals surface area (Å²) in [6, 6.07) is 9.86. The molecule has 0 bridgehead atoms. The fraction of sp³-hybridized carbons (Fsp3) is 0.200. The van der Waals surface area contributed by atoms with Gasteiger partial charge in [-0.1, -0.05) is 33.6 Å². The van der Waals surface area contributed by atoms with E-state index in [1.54, 1.807) is 0 Å². The summed E-state index contributed by atoms with van der Waals surface area (Å²) in [6.45, 7) is 2.26. The highest BCUT2D eigenvalue weighted by Crippen LogP contribution is 2.32. The zero-order valence-corrected chi connectivity index (χ0v) is 14.4. The Balaban J connectivity index is 2.29. The quantitative estimate of drug-likeness (QED) is 0.777. The van der Waals surface area contributed by atoms with Crippen LogP contribution in [0.2, 0.25) is 5.02 Å². The molecular formula is C15H14BrClFNOS. The number of rotatable bonds is 4. The van der Waals surface area contributed by atoms with Crippen LogP contribution < -0.4 is 5.73 Å². The summed E-state index contributed by atoms with van der Waals surface area (Å²) in [5.41, 5.74) is 7.55. The Kier molecular flexibility index (Phi) is 5.68. The van der Waals surface area contributed by atoms with E-state index in [0.29, 0.717) is 11.4 Å². The predicted octanol–water partition coefficient (Wildman–Crippen LogP) is 4.57. The molecule has 0 aliphatic heterocycles. The third-order valence-electron chi connectivity index (χ3n) is 3.20.